The van der Waals surface area contributed by atoms with Crippen molar-refractivity contribution in [3.63, 3.8) is 0 Å². The monoisotopic (exact) mass is 386 g/mol. The minimum Gasteiger partial charge on any atom is -0.492 e. The van der Waals surface area contributed by atoms with Gasteiger partial charge in [0.05, 0.1) is 17.1 Å². The third kappa shape index (κ3) is 4.92. The second-order valence-electron chi connectivity index (χ2n) is 7.55. The Hall–Kier alpha value is -2.94. The maximum atomic E-state index is 9.05. The summed E-state index contributed by atoms with van der Waals surface area (Å²) in [4.78, 5) is 9.48. The smallest absolute Gasteiger partial charge is 0.128 e. The molecule has 5 nitrogen and oxygen atoms in total. The molecule has 0 N–H and O–H groups in total. The summed E-state index contributed by atoms with van der Waals surface area (Å²) in [5.41, 5.74) is 3.95. The number of benzene rings is 2. The van der Waals surface area contributed by atoms with Gasteiger partial charge in [0.2, 0.25) is 0 Å². The van der Waals surface area contributed by atoms with Gasteiger partial charge in [0, 0.05) is 50.3 Å². The molecule has 0 aliphatic carbocycles. The zero-order valence-corrected chi connectivity index (χ0v) is 16.8. The summed E-state index contributed by atoms with van der Waals surface area (Å²) in [5, 5.41) is 10.1. The highest BCUT2D eigenvalue weighted by Gasteiger charge is 2.17. The first-order valence-corrected chi connectivity index (χ1v) is 10.1. The number of ether oxygens (including phenoxy) is 1. The van der Waals surface area contributed by atoms with Crippen LogP contribution in [0.15, 0.2) is 54.6 Å². The Bertz CT molecular complexity index is 1020. The van der Waals surface area contributed by atoms with Crippen LogP contribution in [0.3, 0.4) is 0 Å². The Morgan fingerprint density at radius 1 is 1.00 bits per heavy atom. The molecule has 1 fully saturated rings. The van der Waals surface area contributed by atoms with Crippen LogP contribution >= 0.6 is 0 Å². The Labute approximate surface area is 172 Å². The number of hydrogen-bond donors (Lipinski definition) is 0. The van der Waals surface area contributed by atoms with E-state index in [4.69, 9.17) is 10.00 Å². The molecule has 1 aromatic heterocycles. The topological polar surface area (TPSA) is 52.4 Å². The Balaban J connectivity index is 1.25. The third-order valence-corrected chi connectivity index (χ3v) is 5.42. The van der Waals surface area contributed by atoms with Crippen molar-refractivity contribution < 1.29 is 4.74 Å². The van der Waals surface area contributed by atoms with Crippen LogP contribution in [0.2, 0.25) is 0 Å². The first-order valence-electron chi connectivity index (χ1n) is 10.1. The fourth-order valence-electron chi connectivity index (χ4n) is 3.81. The van der Waals surface area contributed by atoms with Crippen molar-refractivity contribution in [2.24, 2.45) is 0 Å². The van der Waals surface area contributed by atoms with Crippen molar-refractivity contribution in [2.45, 2.75) is 13.5 Å². The molecular weight excluding hydrogens is 360 g/mol. The molecule has 1 saturated heterocycles. The van der Waals surface area contributed by atoms with E-state index in [1.165, 1.54) is 5.56 Å². The van der Waals surface area contributed by atoms with Crippen molar-refractivity contribution in [1.82, 2.24) is 14.8 Å². The first-order chi connectivity index (χ1) is 14.2. The van der Waals surface area contributed by atoms with Gasteiger partial charge in [-0.3, -0.25) is 14.8 Å². The number of hydrogen-bond acceptors (Lipinski definition) is 5. The fraction of sp³-hybridized carbons (Fsp3) is 0.333. The third-order valence-electron chi connectivity index (χ3n) is 5.42. The lowest BCUT2D eigenvalue weighted by Gasteiger charge is -2.34. The summed E-state index contributed by atoms with van der Waals surface area (Å²) in [6.07, 6.45) is 0. The molecule has 0 amide bonds. The van der Waals surface area contributed by atoms with E-state index < -0.39 is 0 Å². The predicted octanol–water partition coefficient (Wildman–Crippen LogP) is 3.61. The lowest BCUT2D eigenvalue weighted by Crippen LogP contribution is -2.47. The zero-order valence-electron chi connectivity index (χ0n) is 16.8. The van der Waals surface area contributed by atoms with Gasteiger partial charge in [0.15, 0.2) is 0 Å². The number of fused-ring (bicyclic) bond motifs is 1. The maximum absolute atomic E-state index is 9.05. The minimum atomic E-state index is 0.678. The number of nitrogens with zero attached hydrogens (tertiary/aromatic N) is 4. The molecule has 0 atom stereocenters. The van der Waals surface area contributed by atoms with Crippen LogP contribution in [0, 0.1) is 18.3 Å². The highest BCUT2D eigenvalue weighted by molar-refractivity contribution is 5.85. The second-order valence-corrected chi connectivity index (χ2v) is 7.55. The number of aromatic nitrogens is 1. The van der Waals surface area contributed by atoms with E-state index >= 15 is 0 Å². The van der Waals surface area contributed by atoms with Crippen molar-refractivity contribution in [2.75, 3.05) is 39.3 Å². The molecule has 0 unspecified atom stereocenters. The van der Waals surface area contributed by atoms with Crippen molar-refractivity contribution >= 4 is 10.9 Å². The number of piperazine rings is 1. The Morgan fingerprint density at radius 3 is 2.62 bits per heavy atom. The van der Waals surface area contributed by atoms with E-state index in [-0.39, 0.29) is 0 Å². The van der Waals surface area contributed by atoms with Gasteiger partial charge in [0.1, 0.15) is 12.4 Å². The van der Waals surface area contributed by atoms with Crippen LogP contribution in [0.1, 0.15) is 16.8 Å². The molecule has 5 heteroatoms. The molecule has 1 aliphatic rings. The van der Waals surface area contributed by atoms with Gasteiger partial charge < -0.3 is 4.74 Å². The summed E-state index contributed by atoms with van der Waals surface area (Å²) < 4.78 is 6.08. The first kappa shape index (κ1) is 19.4. The van der Waals surface area contributed by atoms with Crippen molar-refractivity contribution in [1.29, 1.82) is 5.26 Å². The maximum Gasteiger partial charge on any atom is 0.128 e. The van der Waals surface area contributed by atoms with Gasteiger partial charge in [-0.25, -0.2) is 0 Å². The summed E-state index contributed by atoms with van der Waals surface area (Å²) in [7, 11) is 0. The predicted molar refractivity (Wildman–Crippen MR) is 115 cm³/mol. The normalized spacial score (nSPS) is 15.3. The molecule has 29 heavy (non-hydrogen) atoms. The van der Waals surface area contributed by atoms with E-state index in [1.807, 2.05) is 49.4 Å². The molecule has 3 aromatic rings. The summed E-state index contributed by atoms with van der Waals surface area (Å²) in [6, 6.07) is 20.3. The number of rotatable bonds is 6. The standard InChI is InChI=1S/C24H26N4O/c1-19-8-9-22-23(26-19)6-3-7-24(22)29-15-14-27-10-12-28(13-11-27)18-21-5-2-4-20(16-21)17-25/h2-9,16H,10-15,18H2,1H3. The van der Waals surface area contributed by atoms with Crippen LogP contribution in [-0.4, -0.2) is 54.1 Å². The lowest BCUT2D eigenvalue weighted by molar-refractivity contribution is 0.113. The SMILES string of the molecule is Cc1ccc2c(OCCN3CCN(Cc4cccc(C#N)c4)CC3)cccc2n1. The van der Waals surface area contributed by atoms with Gasteiger partial charge in [-0.05, 0) is 48.9 Å². The van der Waals surface area contributed by atoms with Crippen LogP contribution in [0.5, 0.6) is 5.75 Å². The molecule has 4 rings (SSSR count). The molecule has 0 radical (unpaired) electrons. The number of pyridine rings is 1. The van der Waals surface area contributed by atoms with E-state index in [0.29, 0.717) is 6.61 Å². The van der Waals surface area contributed by atoms with Gasteiger partial charge >= 0.3 is 0 Å². The molecule has 2 heterocycles. The largest absolute Gasteiger partial charge is 0.492 e. The number of aryl methyl sites for hydroxylation is 1. The molecule has 0 saturated carbocycles. The van der Waals surface area contributed by atoms with Crippen LogP contribution in [0.4, 0.5) is 0 Å². The Morgan fingerprint density at radius 2 is 1.79 bits per heavy atom. The minimum absolute atomic E-state index is 0.678. The van der Waals surface area contributed by atoms with Crippen molar-refractivity contribution in [3.8, 4) is 11.8 Å². The van der Waals surface area contributed by atoms with E-state index in [2.05, 4.69) is 33.0 Å². The highest BCUT2D eigenvalue weighted by Crippen LogP contribution is 2.24. The zero-order chi connectivity index (χ0) is 20.1. The fourth-order valence-corrected chi connectivity index (χ4v) is 3.81. The van der Waals surface area contributed by atoms with E-state index in [9.17, 15) is 0 Å². The van der Waals surface area contributed by atoms with Gasteiger partial charge in [-0.15, -0.1) is 0 Å². The molecule has 148 valence electrons. The summed E-state index contributed by atoms with van der Waals surface area (Å²) >= 11 is 0. The lowest BCUT2D eigenvalue weighted by atomic mass is 10.1. The van der Waals surface area contributed by atoms with E-state index in [0.717, 1.165) is 67.2 Å². The van der Waals surface area contributed by atoms with E-state index in [1.54, 1.807) is 0 Å². The molecule has 1 aliphatic heterocycles. The summed E-state index contributed by atoms with van der Waals surface area (Å²) in [6.45, 7) is 8.66. The van der Waals surface area contributed by atoms with Crippen LogP contribution in [-0.2, 0) is 6.54 Å². The van der Waals surface area contributed by atoms with Crippen LogP contribution in [0.25, 0.3) is 10.9 Å². The molecule has 2 aromatic carbocycles. The summed E-state index contributed by atoms with van der Waals surface area (Å²) in [5.74, 6) is 0.908. The molecular formula is C24H26N4O. The average molecular weight is 386 g/mol. The van der Waals surface area contributed by atoms with Crippen molar-refractivity contribution in [3.05, 3.63) is 71.4 Å². The van der Waals surface area contributed by atoms with Gasteiger partial charge in [0.25, 0.3) is 0 Å². The molecule has 0 bridgehead atoms. The quantitative estimate of drug-likeness (QED) is 0.648. The Kier molecular flexibility index (Phi) is 6.04. The van der Waals surface area contributed by atoms with Crippen LogP contribution < -0.4 is 4.74 Å². The number of nitriles is 1. The molecule has 0 spiro atoms. The van der Waals surface area contributed by atoms with Gasteiger partial charge in [-0.2, -0.15) is 5.26 Å². The van der Waals surface area contributed by atoms with Gasteiger partial charge in [-0.1, -0.05) is 18.2 Å². The highest BCUT2D eigenvalue weighted by atomic mass is 16.5. The second kappa shape index (κ2) is 9.04. The average Bonchev–Trinajstić information content (AvgIpc) is 2.75.